The topological polar surface area (TPSA) is 37.3 Å². The summed E-state index contributed by atoms with van der Waals surface area (Å²) in [5.41, 5.74) is 0.510. The Kier molecular flexibility index (Phi) is 2.46. The van der Waals surface area contributed by atoms with Crippen LogP contribution in [-0.4, -0.2) is 16.8 Å². The van der Waals surface area contributed by atoms with E-state index in [1.54, 1.807) is 12.1 Å². The molecule has 1 N–H and O–H groups in total. The highest BCUT2D eigenvalue weighted by Gasteiger charge is 2.34. The Morgan fingerprint density at radius 3 is 2.93 bits per heavy atom. The van der Waals surface area contributed by atoms with Crippen molar-refractivity contribution in [3.63, 3.8) is 0 Å². The summed E-state index contributed by atoms with van der Waals surface area (Å²) in [6.07, 6.45) is -1.37. The number of benzene rings is 1. The first kappa shape index (κ1) is 9.52. The number of aliphatic carboxylic acids is 1. The molecular weight excluding hydrogens is 203 g/mol. The highest BCUT2D eigenvalue weighted by Crippen LogP contribution is 2.41. The van der Waals surface area contributed by atoms with Gasteiger partial charge in [0.15, 0.2) is 0 Å². The molecule has 2 rings (SSSR count). The fourth-order valence-electron chi connectivity index (χ4n) is 1.52. The summed E-state index contributed by atoms with van der Waals surface area (Å²) in [6, 6.07) is 7.04. The van der Waals surface area contributed by atoms with Crippen molar-refractivity contribution in [1.29, 1.82) is 0 Å². The second kappa shape index (κ2) is 3.61. The first-order valence-corrected chi connectivity index (χ1v) is 5.27. The van der Waals surface area contributed by atoms with Gasteiger partial charge in [0.2, 0.25) is 0 Å². The van der Waals surface area contributed by atoms with Crippen LogP contribution in [0.25, 0.3) is 0 Å². The van der Waals surface area contributed by atoms with Gasteiger partial charge in [-0.25, -0.2) is 4.39 Å². The largest absolute Gasteiger partial charge is 0.481 e. The number of rotatable bonds is 1. The van der Waals surface area contributed by atoms with Crippen LogP contribution in [0.2, 0.25) is 0 Å². The third kappa shape index (κ3) is 1.50. The zero-order valence-corrected chi connectivity index (χ0v) is 8.13. The lowest BCUT2D eigenvalue weighted by Crippen LogP contribution is -2.25. The fourth-order valence-corrected chi connectivity index (χ4v) is 2.71. The lowest BCUT2D eigenvalue weighted by molar-refractivity contribution is -0.143. The van der Waals surface area contributed by atoms with E-state index in [-0.39, 0.29) is 0 Å². The van der Waals surface area contributed by atoms with Crippen molar-refractivity contribution < 1.29 is 14.3 Å². The smallest absolute Gasteiger partial charge is 0.310 e. The van der Waals surface area contributed by atoms with Crippen molar-refractivity contribution in [2.45, 2.75) is 11.1 Å². The van der Waals surface area contributed by atoms with E-state index in [0.717, 1.165) is 4.90 Å². The molecule has 0 amide bonds. The summed E-state index contributed by atoms with van der Waals surface area (Å²) in [7, 11) is 0. The van der Waals surface area contributed by atoms with Crippen molar-refractivity contribution >= 4 is 17.7 Å². The molecule has 2 unspecified atom stereocenters. The molecule has 1 aromatic rings. The van der Waals surface area contributed by atoms with E-state index in [0.29, 0.717) is 11.3 Å². The van der Waals surface area contributed by atoms with Gasteiger partial charge in [0, 0.05) is 16.2 Å². The Balaban J connectivity index is 2.36. The van der Waals surface area contributed by atoms with Gasteiger partial charge in [0.05, 0.1) is 0 Å². The molecular formula is C10H9FO2S. The Bertz CT molecular complexity index is 367. The number of hydrogen-bond acceptors (Lipinski definition) is 2. The number of fused-ring (bicyclic) bond motifs is 1. The molecule has 4 heteroatoms. The van der Waals surface area contributed by atoms with E-state index in [1.807, 2.05) is 12.1 Å². The second-order valence-corrected chi connectivity index (χ2v) is 4.26. The van der Waals surface area contributed by atoms with Crippen LogP contribution in [0.15, 0.2) is 29.2 Å². The maximum absolute atomic E-state index is 13.7. The molecule has 2 atom stereocenters. The average Bonchev–Trinajstić information content (AvgIpc) is 2.18. The minimum Gasteiger partial charge on any atom is -0.481 e. The van der Waals surface area contributed by atoms with Gasteiger partial charge in [-0.15, -0.1) is 11.8 Å². The molecule has 74 valence electrons. The van der Waals surface area contributed by atoms with Crippen molar-refractivity contribution in [3.05, 3.63) is 29.8 Å². The molecule has 0 saturated heterocycles. The highest BCUT2D eigenvalue weighted by molar-refractivity contribution is 7.99. The molecule has 0 saturated carbocycles. The summed E-state index contributed by atoms with van der Waals surface area (Å²) in [4.78, 5) is 11.6. The lowest BCUT2D eigenvalue weighted by atomic mass is 9.98. The van der Waals surface area contributed by atoms with Gasteiger partial charge in [-0.2, -0.15) is 0 Å². The number of carboxylic acid groups (broad SMARTS) is 1. The predicted molar refractivity (Wildman–Crippen MR) is 52.1 cm³/mol. The standard InChI is InChI=1S/C10H9FO2S/c11-9-6-3-1-2-4-8(6)14-5-7(9)10(12)13/h1-4,7,9H,5H2,(H,12,13). The van der Waals surface area contributed by atoms with E-state index in [9.17, 15) is 9.18 Å². The van der Waals surface area contributed by atoms with Crippen LogP contribution in [-0.2, 0) is 4.79 Å². The van der Waals surface area contributed by atoms with E-state index in [4.69, 9.17) is 5.11 Å². The molecule has 1 aliphatic rings. The van der Waals surface area contributed by atoms with Crippen molar-refractivity contribution in [3.8, 4) is 0 Å². The van der Waals surface area contributed by atoms with Crippen LogP contribution >= 0.6 is 11.8 Å². The van der Waals surface area contributed by atoms with Crippen LogP contribution in [0, 0.1) is 5.92 Å². The maximum atomic E-state index is 13.7. The first-order chi connectivity index (χ1) is 6.70. The van der Waals surface area contributed by atoms with Gasteiger partial charge in [0.25, 0.3) is 0 Å². The van der Waals surface area contributed by atoms with E-state index >= 15 is 0 Å². The summed E-state index contributed by atoms with van der Waals surface area (Å²) >= 11 is 1.41. The van der Waals surface area contributed by atoms with Gasteiger partial charge in [0.1, 0.15) is 12.1 Å². The number of alkyl halides is 1. The molecule has 14 heavy (non-hydrogen) atoms. The predicted octanol–water partition coefficient (Wildman–Crippen LogP) is 2.50. The lowest BCUT2D eigenvalue weighted by Gasteiger charge is -2.24. The second-order valence-electron chi connectivity index (χ2n) is 3.20. The summed E-state index contributed by atoms with van der Waals surface area (Å²) < 4.78 is 13.7. The molecule has 1 aromatic carbocycles. The Hall–Kier alpha value is -1.03. The van der Waals surface area contributed by atoms with Gasteiger partial charge < -0.3 is 5.11 Å². The van der Waals surface area contributed by atoms with Crippen LogP contribution in [0.3, 0.4) is 0 Å². The maximum Gasteiger partial charge on any atom is 0.310 e. The molecule has 1 aliphatic heterocycles. The number of thioether (sulfide) groups is 1. The number of halogens is 1. The minimum absolute atomic E-state index is 0.313. The summed E-state index contributed by atoms with van der Waals surface area (Å²) in [6.45, 7) is 0. The molecule has 0 radical (unpaired) electrons. The van der Waals surface area contributed by atoms with E-state index in [1.165, 1.54) is 11.8 Å². The third-order valence-electron chi connectivity index (χ3n) is 2.30. The fraction of sp³-hybridized carbons (Fsp3) is 0.300. The zero-order chi connectivity index (χ0) is 10.1. The number of hydrogen-bond donors (Lipinski definition) is 1. The normalized spacial score (nSPS) is 25.5. The van der Waals surface area contributed by atoms with Gasteiger partial charge in [-0.1, -0.05) is 18.2 Å². The quantitative estimate of drug-likeness (QED) is 0.777. The summed E-state index contributed by atoms with van der Waals surface area (Å²) in [5, 5.41) is 8.78. The van der Waals surface area contributed by atoms with Crippen molar-refractivity contribution in [1.82, 2.24) is 0 Å². The monoisotopic (exact) mass is 212 g/mol. The van der Waals surface area contributed by atoms with E-state index < -0.39 is 18.1 Å². The molecule has 0 aliphatic carbocycles. The zero-order valence-electron chi connectivity index (χ0n) is 7.31. The Morgan fingerprint density at radius 2 is 2.21 bits per heavy atom. The van der Waals surface area contributed by atoms with Gasteiger partial charge in [-0.3, -0.25) is 4.79 Å². The molecule has 0 bridgehead atoms. The number of carbonyl (C=O) groups is 1. The molecule has 0 fully saturated rings. The molecule has 0 aromatic heterocycles. The van der Waals surface area contributed by atoms with Crippen molar-refractivity contribution in [2.75, 3.05) is 5.75 Å². The SMILES string of the molecule is O=C(O)C1CSc2ccccc2C1F. The molecule has 2 nitrogen and oxygen atoms in total. The molecule has 1 heterocycles. The van der Waals surface area contributed by atoms with Crippen LogP contribution in [0.1, 0.15) is 11.7 Å². The van der Waals surface area contributed by atoms with Gasteiger partial charge in [-0.05, 0) is 6.07 Å². The van der Waals surface area contributed by atoms with Crippen molar-refractivity contribution in [2.24, 2.45) is 5.92 Å². The number of carboxylic acids is 1. The average molecular weight is 212 g/mol. The Labute approximate surface area is 85.1 Å². The third-order valence-corrected chi connectivity index (χ3v) is 3.51. The van der Waals surface area contributed by atoms with E-state index in [2.05, 4.69) is 0 Å². The minimum atomic E-state index is -1.37. The van der Waals surface area contributed by atoms with Crippen LogP contribution in [0.4, 0.5) is 4.39 Å². The van der Waals surface area contributed by atoms with Crippen LogP contribution in [0.5, 0.6) is 0 Å². The highest BCUT2D eigenvalue weighted by atomic mass is 32.2. The summed E-state index contributed by atoms with van der Waals surface area (Å²) in [5.74, 6) is -1.65. The molecule has 0 spiro atoms. The van der Waals surface area contributed by atoms with Crippen LogP contribution < -0.4 is 0 Å². The Morgan fingerprint density at radius 1 is 1.50 bits per heavy atom. The van der Waals surface area contributed by atoms with Gasteiger partial charge >= 0.3 is 5.97 Å². The first-order valence-electron chi connectivity index (χ1n) is 4.29.